The molecule has 1 aromatic carbocycles. The molecule has 0 radical (unpaired) electrons. The van der Waals surface area contributed by atoms with Gasteiger partial charge < -0.3 is 5.32 Å². The van der Waals surface area contributed by atoms with Gasteiger partial charge in [0, 0.05) is 22.9 Å². The predicted octanol–water partition coefficient (Wildman–Crippen LogP) is 2.17. The van der Waals surface area contributed by atoms with Gasteiger partial charge in [0.2, 0.25) is 0 Å². The molecule has 1 atom stereocenters. The summed E-state index contributed by atoms with van der Waals surface area (Å²) < 4.78 is 49.1. The minimum absolute atomic E-state index is 0.0389. The number of aromatic nitrogens is 2. The van der Waals surface area contributed by atoms with Crippen LogP contribution in [0.1, 0.15) is 29.0 Å². The third-order valence-electron chi connectivity index (χ3n) is 4.26. The average molecular weight is 369 g/mol. The molecule has 1 fully saturated rings. The first-order chi connectivity index (χ1) is 11.8. The Bertz CT molecular complexity index is 892. The molecule has 6 nitrogen and oxygen atoms in total. The van der Waals surface area contributed by atoms with Gasteiger partial charge in [0.05, 0.1) is 17.7 Å². The molecule has 1 aliphatic rings. The fraction of sp³-hybridized carbons (Fsp3) is 0.375. The number of amides is 1. The van der Waals surface area contributed by atoms with E-state index in [9.17, 15) is 22.0 Å². The molecule has 1 aliphatic heterocycles. The van der Waals surface area contributed by atoms with Gasteiger partial charge in [-0.15, -0.1) is 0 Å². The van der Waals surface area contributed by atoms with Gasteiger partial charge in [-0.2, -0.15) is 13.9 Å². The van der Waals surface area contributed by atoms with Crippen LogP contribution in [0.2, 0.25) is 0 Å². The zero-order valence-electron chi connectivity index (χ0n) is 13.4. The number of alkyl halides is 2. The van der Waals surface area contributed by atoms with Crippen LogP contribution in [0, 0.1) is 6.92 Å². The Morgan fingerprint density at radius 2 is 2.00 bits per heavy atom. The molecule has 134 valence electrons. The second kappa shape index (κ2) is 6.55. The summed E-state index contributed by atoms with van der Waals surface area (Å²) in [7, 11) is -3.06. The van der Waals surface area contributed by atoms with Crippen LogP contribution in [0.15, 0.2) is 30.5 Å². The maximum Gasteiger partial charge on any atom is 0.333 e. The number of benzene rings is 1. The standard InChI is InChI=1S/C16H17F2N3O3S/c1-10-14(8-19-21(10)16(17)18)11-2-4-12(5-3-11)15(22)20-13-6-7-25(23,24)9-13/h2-5,8,13,16H,6-7,9H2,1H3,(H,20,22)/t13-/m0/s1. The van der Waals surface area contributed by atoms with Gasteiger partial charge >= 0.3 is 6.55 Å². The number of carbonyl (C=O) groups excluding carboxylic acids is 1. The second-order valence-electron chi connectivity index (χ2n) is 6.02. The van der Waals surface area contributed by atoms with Crippen molar-refractivity contribution in [2.45, 2.75) is 25.9 Å². The van der Waals surface area contributed by atoms with Crippen molar-refractivity contribution in [1.29, 1.82) is 0 Å². The van der Waals surface area contributed by atoms with Crippen molar-refractivity contribution < 1.29 is 22.0 Å². The lowest BCUT2D eigenvalue weighted by Gasteiger charge is -2.11. The SMILES string of the molecule is Cc1c(-c2ccc(C(=O)N[C@H]3CCS(=O)(=O)C3)cc2)cnn1C(F)F. The number of nitrogens with one attached hydrogen (secondary N) is 1. The summed E-state index contributed by atoms with van der Waals surface area (Å²) >= 11 is 0. The zero-order chi connectivity index (χ0) is 18.2. The molecule has 1 N–H and O–H groups in total. The lowest BCUT2D eigenvalue weighted by Crippen LogP contribution is -2.35. The largest absolute Gasteiger partial charge is 0.348 e. The van der Waals surface area contributed by atoms with Gasteiger partial charge in [-0.05, 0) is 31.0 Å². The first-order valence-corrected chi connectivity index (χ1v) is 9.53. The third kappa shape index (κ3) is 3.71. The van der Waals surface area contributed by atoms with Crippen LogP contribution in [0.5, 0.6) is 0 Å². The predicted molar refractivity (Wildman–Crippen MR) is 88.2 cm³/mol. The smallest absolute Gasteiger partial charge is 0.333 e. The quantitative estimate of drug-likeness (QED) is 0.896. The van der Waals surface area contributed by atoms with Gasteiger partial charge in [0.25, 0.3) is 5.91 Å². The minimum atomic E-state index is -3.06. The van der Waals surface area contributed by atoms with Gasteiger partial charge in [0.1, 0.15) is 0 Å². The van der Waals surface area contributed by atoms with E-state index in [2.05, 4.69) is 10.4 Å². The van der Waals surface area contributed by atoms with Crippen LogP contribution in [0.3, 0.4) is 0 Å². The zero-order valence-corrected chi connectivity index (χ0v) is 14.3. The molecule has 0 aliphatic carbocycles. The molecular formula is C16H17F2N3O3S. The fourth-order valence-corrected chi connectivity index (χ4v) is 4.56. The van der Waals surface area contributed by atoms with E-state index in [0.717, 1.165) is 0 Å². The Labute approximate surface area is 143 Å². The number of hydrogen-bond donors (Lipinski definition) is 1. The molecule has 0 bridgehead atoms. The number of rotatable bonds is 4. The highest BCUT2D eigenvalue weighted by Gasteiger charge is 2.29. The van der Waals surface area contributed by atoms with E-state index in [-0.39, 0.29) is 23.5 Å². The fourth-order valence-electron chi connectivity index (χ4n) is 2.88. The van der Waals surface area contributed by atoms with Crippen molar-refractivity contribution >= 4 is 15.7 Å². The molecule has 1 saturated heterocycles. The molecular weight excluding hydrogens is 352 g/mol. The summed E-state index contributed by atoms with van der Waals surface area (Å²) in [4.78, 5) is 12.2. The molecule has 2 heterocycles. The van der Waals surface area contributed by atoms with E-state index in [0.29, 0.717) is 33.5 Å². The van der Waals surface area contributed by atoms with Crippen molar-refractivity contribution in [2.24, 2.45) is 0 Å². The highest BCUT2D eigenvalue weighted by atomic mass is 32.2. The van der Waals surface area contributed by atoms with Crippen molar-refractivity contribution in [3.05, 3.63) is 41.7 Å². The number of sulfone groups is 1. The van der Waals surface area contributed by atoms with Crippen molar-refractivity contribution in [3.8, 4) is 11.1 Å². The van der Waals surface area contributed by atoms with Crippen LogP contribution >= 0.6 is 0 Å². The Kier molecular flexibility index (Phi) is 4.59. The van der Waals surface area contributed by atoms with E-state index in [1.54, 1.807) is 31.2 Å². The Morgan fingerprint density at radius 1 is 1.32 bits per heavy atom. The summed E-state index contributed by atoms with van der Waals surface area (Å²) in [6.07, 6.45) is 1.78. The molecule has 0 unspecified atom stereocenters. The maximum absolute atomic E-state index is 12.8. The second-order valence-corrected chi connectivity index (χ2v) is 8.25. The number of nitrogens with zero attached hydrogens (tertiary/aromatic N) is 2. The van der Waals surface area contributed by atoms with Crippen molar-refractivity contribution in [2.75, 3.05) is 11.5 Å². The van der Waals surface area contributed by atoms with Gasteiger partial charge in [-0.3, -0.25) is 4.79 Å². The van der Waals surface area contributed by atoms with Gasteiger partial charge in [-0.1, -0.05) is 12.1 Å². The summed E-state index contributed by atoms with van der Waals surface area (Å²) in [5.74, 6) is -0.304. The number of hydrogen-bond acceptors (Lipinski definition) is 4. The molecule has 1 aromatic heterocycles. The summed E-state index contributed by atoms with van der Waals surface area (Å²) in [6, 6.07) is 6.09. The molecule has 0 spiro atoms. The molecule has 2 aromatic rings. The number of carbonyl (C=O) groups is 1. The molecule has 25 heavy (non-hydrogen) atoms. The molecule has 0 saturated carbocycles. The van der Waals surface area contributed by atoms with Crippen LogP contribution in [-0.4, -0.2) is 41.7 Å². The average Bonchev–Trinajstić information content (AvgIpc) is 3.09. The van der Waals surface area contributed by atoms with Crippen LogP contribution < -0.4 is 5.32 Å². The van der Waals surface area contributed by atoms with E-state index >= 15 is 0 Å². The van der Waals surface area contributed by atoms with Gasteiger partial charge in [-0.25, -0.2) is 13.1 Å². The first kappa shape index (κ1) is 17.5. The summed E-state index contributed by atoms with van der Waals surface area (Å²) in [6.45, 7) is -1.16. The minimum Gasteiger partial charge on any atom is -0.348 e. The molecule has 3 rings (SSSR count). The first-order valence-electron chi connectivity index (χ1n) is 7.71. The van der Waals surface area contributed by atoms with Crippen LogP contribution in [0.4, 0.5) is 8.78 Å². The Balaban J connectivity index is 1.73. The summed E-state index contributed by atoms with van der Waals surface area (Å²) in [5.41, 5.74) is 1.95. The highest BCUT2D eigenvalue weighted by Crippen LogP contribution is 2.26. The topological polar surface area (TPSA) is 81.1 Å². The summed E-state index contributed by atoms with van der Waals surface area (Å²) in [5, 5.41) is 6.37. The van der Waals surface area contributed by atoms with Crippen molar-refractivity contribution in [3.63, 3.8) is 0 Å². The van der Waals surface area contributed by atoms with Crippen LogP contribution in [0.25, 0.3) is 11.1 Å². The lowest BCUT2D eigenvalue weighted by atomic mass is 10.0. The van der Waals surface area contributed by atoms with Crippen molar-refractivity contribution in [1.82, 2.24) is 15.1 Å². The highest BCUT2D eigenvalue weighted by molar-refractivity contribution is 7.91. The van der Waals surface area contributed by atoms with E-state index in [1.807, 2.05) is 0 Å². The Morgan fingerprint density at radius 3 is 2.52 bits per heavy atom. The molecule has 1 amide bonds. The number of halogens is 2. The third-order valence-corrected chi connectivity index (χ3v) is 6.02. The van der Waals surface area contributed by atoms with Crippen LogP contribution in [-0.2, 0) is 9.84 Å². The van der Waals surface area contributed by atoms with E-state index in [1.165, 1.54) is 6.20 Å². The lowest BCUT2D eigenvalue weighted by molar-refractivity contribution is 0.0545. The van der Waals surface area contributed by atoms with Gasteiger partial charge in [0.15, 0.2) is 9.84 Å². The molecule has 9 heteroatoms. The normalized spacial score (nSPS) is 19.3. The van der Waals surface area contributed by atoms with E-state index in [4.69, 9.17) is 0 Å². The monoisotopic (exact) mass is 369 g/mol. The maximum atomic E-state index is 12.8. The van der Waals surface area contributed by atoms with E-state index < -0.39 is 16.4 Å². The Hall–Kier alpha value is -2.29.